The monoisotopic (exact) mass is 239 g/mol. The van der Waals surface area contributed by atoms with E-state index in [2.05, 4.69) is 10.1 Å². The Morgan fingerprint density at radius 2 is 2.47 bits per heavy atom. The molecule has 1 amide bonds. The van der Waals surface area contributed by atoms with E-state index in [1.165, 1.54) is 0 Å². The number of morpholine rings is 1. The fourth-order valence-corrected chi connectivity index (χ4v) is 1.96. The van der Waals surface area contributed by atoms with Crippen molar-refractivity contribution in [3.63, 3.8) is 0 Å². The fraction of sp³-hybridized carbons (Fsp3) is 0.636. The highest BCUT2D eigenvalue weighted by atomic mass is 16.5. The first-order chi connectivity index (χ1) is 7.99. The second-order valence-corrected chi connectivity index (χ2v) is 4.58. The number of nitrogens with two attached hydrogens (primary N) is 1. The number of aromatic nitrogens is 1. The van der Waals surface area contributed by atoms with Gasteiger partial charge in [0.1, 0.15) is 5.76 Å². The van der Waals surface area contributed by atoms with Crippen LogP contribution in [0.1, 0.15) is 18.4 Å². The smallest absolute Gasteiger partial charge is 0.250 e. The van der Waals surface area contributed by atoms with Crippen molar-refractivity contribution in [2.24, 2.45) is 5.73 Å². The van der Waals surface area contributed by atoms with Crippen molar-refractivity contribution in [2.75, 3.05) is 19.7 Å². The molecule has 0 saturated carbocycles. The van der Waals surface area contributed by atoms with E-state index in [0.717, 1.165) is 18.0 Å². The van der Waals surface area contributed by atoms with Crippen molar-refractivity contribution in [2.45, 2.75) is 26.0 Å². The Labute approximate surface area is 99.7 Å². The summed E-state index contributed by atoms with van der Waals surface area (Å²) in [5, 5.41) is 3.93. The molecule has 1 atom stereocenters. The number of ether oxygens (including phenoxy) is 1. The van der Waals surface area contributed by atoms with Crippen molar-refractivity contribution in [3.05, 3.63) is 17.5 Å². The summed E-state index contributed by atoms with van der Waals surface area (Å²) < 4.78 is 10.4. The maximum absolute atomic E-state index is 11.3. The van der Waals surface area contributed by atoms with Crippen LogP contribution in [0.2, 0.25) is 0 Å². The van der Waals surface area contributed by atoms with Crippen LogP contribution in [0.3, 0.4) is 0 Å². The van der Waals surface area contributed by atoms with Crippen molar-refractivity contribution in [1.29, 1.82) is 0 Å². The molecule has 1 aromatic heterocycles. The quantitative estimate of drug-likeness (QED) is 0.806. The van der Waals surface area contributed by atoms with Crippen LogP contribution in [0, 0.1) is 6.92 Å². The highest BCUT2D eigenvalue weighted by Gasteiger charge is 2.37. The molecule has 2 rings (SSSR count). The molecule has 1 aromatic rings. The van der Waals surface area contributed by atoms with Gasteiger partial charge in [-0.1, -0.05) is 5.16 Å². The molecule has 0 radical (unpaired) electrons. The number of hydrogen-bond donors (Lipinski definition) is 1. The molecule has 1 aliphatic rings. The van der Waals surface area contributed by atoms with Crippen LogP contribution in [0.5, 0.6) is 0 Å². The first-order valence-corrected chi connectivity index (χ1v) is 5.58. The third-order valence-corrected chi connectivity index (χ3v) is 2.94. The predicted octanol–water partition coefficient (Wildman–Crippen LogP) is 0.0592. The zero-order chi connectivity index (χ0) is 12.5. The Morgan fingerprint density at radius 3 is 3.06 bits per heavy atom. The molecule has 6 heteroatoms. The topological polar surface area (TPSA) is 81.6 Å². The number of carbonyl (C=O) groups excluding carboxylic acids is 1. The van der Waals surface area contributed by atoms with Gasteiger partial charge in [0.05, 0.1) is 12.3 Å². The van der Waals surface area contributed by atoms with E-state index in [-0.39, 0.29) is 0 Å². The van der Waals surface area contributed by atoms with E-state index in [4.69, 9.17) is 15.0 Å². The molecule has 2 N–H and O–H groups in total. The number of carbonyl (C=O) groups is 1. The first kappa shape index (κ1) is 12.1. The third kappa shape index (κ3) is 2.65. The van der Waals surface area contributed by atoms with Crippen LogP contribution >= 0.6 is 0 Å². The predicted molar refractivity (Wildman–Crippen MR) is 60.1 cm³/mol. The summed E-state index contributed by atoms with van der Waals surface area (Å²) in [6.07, 6.45) is 0. The molecule has 1 fully saturated rings. The van der Waals surface area contributed by atoms with E-state index in [0.29, 0.717) is 19.7 Å². The Hall–Kier alpha value is -1.40. The number of aryl methyl sites for hydroxylation is 1. The molecule has 94 valence electrons. The number of rotatable bonds is 3. The van der Waals surface area contributed by atoms with Crippen LogP contribution < -0.4 is 5.73 Å². The van der Waals surface area contributed by atoms with Gasteiger partial charge in [-0.3, -0.25) is 9.69 Å². The van der Waals surface area contributed by atoms with Gasteiger partial charge < -0.3 is 15.0 Å². The van der Waals surface area contributed by atoms with Crippen molar-refractivity contribution < 1.29 is 14.1 Å². The molecular weight excluding hydrogens is 222 g/mol. The highest BCUT2D eigenvalue weighted by molar-refractivity contribution is 5.83. The van der Waals surface area contributed by atoms with E-state index in [1.807, 2.05) is 13.0 Å². The summed E-state index contributed by atoms with van der Waals surface area (Å²) in [5.41, 5.74) is 5.29. The van der Waals surface area contributed by atoms with Crippen LogP contribution in [-0.4, -0.2) is 41.3 Å². The van der Waals surface area contributed by atoms with Gasteiger partial charge >= 0.3 is 0 Å². The van der Waals surface area contributed by atoms with Gasteiger partial charge in [0.25, 0.3) is 5.91 Å². The summed E-state index contributed by atoms with van der Waals surface area (Å²) in [7, 11) is 0. The average molecular weight is 239 g/mol. The molecule has 0 bridgehead atoms. The molecule has 17 heavy (non-hydrogen) atoms. The number of primary amides is 1. The summed E-state index contributed by atoms with van der Waals surface area (Å²) in [6.45, 7) is 5.95. The number of amides is 1. The van der Waals surface area contributed by atoms with Crippen molar-refractivity contribution >= 4 is 5.91 Å². The minimum Gasteiger partial charge on any atom is -0.367 e. The van der Waals surface area contributed by atoms with Gasteiger partial charge in [0.2, 0.25) is 0 Å². The van der Waals surface area contributed by atoms with Gasteiger partial charge in [-0.15, -0.1) is 0 Å². The highest BCUT2D eigenvalue weighted by Crippen LogP contribution is 2.18. The first-order valence-electron chi connectivity index (χ1n) is 5.58. The van der Waals surface area contributed by atoms with E-state index in [9.17, 15) is 4.79 Å². The molecule has 0 spiro atoms. The van der Waals surface area contributed by atoms with Gasteiger partial charge in [-0.05, 0) is 13.8 Å². The molecule has 1 aliphatic heterocycles. The Bertz CT molecular complexity index is 418. The molecule has 0 aliphatic carbocycles. The van der Waals surface area contributed by atoms with Crippen molar-refractivity contribution in [3.8, 4) is 0 Å². The maximum atomic E-state index is 11.3. The fourth-order valence-electron chi connectivity index (χ4n) is 1.96. The summed E-state index contributed by atoms with van der Waals surface area (Å²) in [6, 6.07) is 1.89. The molecule has 2 heterocycles. The van der Waals surface area contributed by atoms with Gasteiger partial charge in [-0.2, -0.15) is 0 Å². The average Bonchev–Trinajstić information content (AvgIpc) is 2.64. The van der Waals surface area contributed by atoms with E-state index in [1.54, 1.807) is 6.92 Å². The maximum Gasteiger partial charge on any atom is 0.250 e. The van der Waals surface area contributed by atoms with Gasteiger partial charge in [0, 0.05) is 25.7 Å². The van der Waals surface area contributed by atoms with Gasteiger partial charge in [0.15, 0.2) is 5.60 Å². The molecule has 0 aromatic carbocycles. The summed E-state index contributed by atoms with van der Waals surface area (Å²) in [4.78, 5) is 13.4. The molecule has 0 unspecified atom stereocenters. The molecular formula is C11H17N3O3. The lowest BCUT2D eigenvalue weighted by Gasteiger charge is -2.37. The van der Waals surface area contributed by atoms with E-state index >= 15 is 0 Å². The van der Waals surface area contributed by atoms with Crippen LogP contribution in [0.4, 0.5) is 0 Å². The number of hydrogen-bond acceptors (Lipinski definition) is 5. The van der Waals surface area contributed by atoms with E-state index < -0.39 is 11.5 Å². The van der Waals surface area contributed by atoms with Crippen LogP contribution in [0.15, 0.2) is 10.6 Å². The lowest BCUT2D eigenvalue weighted by Crippen LogP contribution is -2.56. The van der Waals surface area contributed by atoms with Crippen LogP contribution in [0.25, 0.3) is 0 Å². The summed E-state index contributed by atoms with van der Waals surface area (Å²) in [5.74, 6) is 0.351. The standard InChI is InChI=1S/C11H17N3O3/c1-8-5-9(13-17-8)6-14-3-4-16-11(2,7-14)10(12)15/h5H,3-4,6-7H2,1-2H3,(H2,12,15)/t11-/m0/s1. The Balaban J connectivity index is 2.00. The minimum absolute atomic E-state index is 0.432. The largest absolute Gasteiger partial charge is 0.367 e. The van der Waals surface area contributed by atoms with Crippen LogP contribution in [-0.2, 0) is 16.1 Å². The second-order valence-electron chi connectivity index (χ2n) is 4.58. The lowest BCUT2D eigenvalue weighted by molar-refractivity contribution is -0.153. The van der Waals surface area contributed by atoms with Crippen molar-refractivity contribution in [1.82, 2.24) is 10.1 Å². The zero-order valence-corrected chi connectivity index (χ0v) is 10.1. The third-order valence-electron chi connectivity index (χ3n) is 2.94. The molecule has 6 nitrogen and oxygen atoms in total. The normalized spacial score (nSPS) is 26.0. The summed E-state index contributed by atoms with van der Waals surface area (Å²) >= 11 is 0. The second kappa shape index (κ2) is 4.46. The minimum atomic E-state index is -0.906. The Morgan fingerprint density at radius 1 is 1.71 bits per heavy atom. The number of nitrogens with zero attached hydrogens (tertiary/aromatic N) is 2. The lowest BCUT2D eigenvalue weighted by atomic mass is 10.0. The Kier molecular flexibility index (Phi) is 3.17. The zero-order valence-electron chi connectivity index (χ0n) is 10.1. The SMILES string of the molecule is Cc1cc(CN2CCO[C@](C)(C(N)=O)C2)no1. The molecule has 1 saturated heterocycles. The van der Waals surface area contributed by atoms with Gasteiger partial charge in [-0.25, -0.2) is 0 Å².